The van der Waals surface area contributed by atoms with E-state index in [4.69, 9.17) is 42.6 Å². The Morgan fingerprint density at radius 3 is 0.966 bits per heavy atom. The highest BCUT2D eigenvalue weighted by molar-refractivity contribution is 5.94. The largest absolute Gasteiger partial charge is 0.549 e. The van der Waals surface area contributed by atoms with Crippen LogP contribution in [-0.4, -0.2) is 98.9 Å². The molecule has 0 aromatic heterocycles. The molecule has 0 aliphatic rings. The number of carbonyl (C=O) groups excluding carboxylic acids is 6. The summed E-state index contributed by atoms with van der Waals surface area (Å²) in [4.78, 5) is 103. The SMILES string of the molecule is CCCC(COC(=O)OOC(=O)c1cccc(OC)c1OC)(COC(=O)OOC(=O)c1cccc(OC)c1OC)COC(=O)OOC(=O)c1cccc(OC)c1OC. The summed E-state index contributed by atoms with van der Waals surface area (Å²) in [6.45, 7) is -0.523. The van der Waals surface area contributed by atoms with Crippen LogP contribution in [0.25, 0.3) is 0 Å². The summed E-state index contributed by atoms with van der Waals surface area (Å²) in [5.41, 5.74) is -2.11. The number of hydrogen-bond acceptors (Lipinski definition) is 21. The minimum atomic E-state index is -1.62. The molecule has 0 N–H and O–H groups in total. The van der Waals surface area contributed by atoms with Crippen LogP contribution < -0.4 is 28.4 Å². The Kier molecular flexibility index (Phi) is 17.3. The van der Waals surface area contributed by atoms with Gasteiger partial charge in [0.1, 0.15) is 36.5 Å². The molecule has 0 aliphatic heterocycles. The van der Waals surface area contributed by atoms with E-state index < -0.39 is 61.6 Å². The van der Waals surface area contributed by atoms with Crippen molar-refractivity contribution in [1.82, 2.24) is 0 Å². The monoisotopic (exact) mass is 820 g/mol. The quantitative estimate of drug-likeness (QED) is 0.0696. The summed E-state index contributed by atoms with van der Waals surface area (Å²) in [5.74, 6) is -2.96. The van der Waals surface area contributed by atoms with E-state index in [1.807, 2.05) is 0 Å². The van der Waals surface area contributed by atoms with E-state index in [0.717, 1.165) is 0 Å². The lowest BCUT2D eigenvalue weighted by atomic mass is 9.86. The molecule has 3 aromatic rings. The molecule has 0 atom stereocenters. The van der Waals surface area contributed by atoms with Crippen molar-refractivity contribution in [2.24, 2.45) is 5.41 Å². The molecule has 0 radical (unpaired) electrons. The minimum absolute atomic E-state index is 0.0105. The van der Waals surface area contributed by atoms with Gasteiger partial charge in [0.25, 0.3) is 0 Å². The molecule has 0 heterocycles. The molecule has 3 rings (SSSR count). The van der Waals surface area contributed by atoms with Crippen LogP contribution in [0.4, 0.5) is 14.4 Å². The maximum absolute atomic E-state index is 12.7. The fourth-order valence-electron chi connectivity index (χ4n) is 5.07. The molecule has 0 saturated carbocycles. The average Bonchev–Trinajstić information content (AvgIpc) is 3.25. The highest BCUT2D eigenvalue weighted by Gasteiger charge is 2.37. The summed E-state index contributed by atoms with van der Waals surface area (Å²) in [6, 6.07) is 12.8. The Balaban J connectivity index is 1.72. The number of para-hydroxylation sites is 3. The predicted molar refractivity (Wildman–Crippen MR) is 190 cm³/mol. The molecule has 21 nitrogen and oxygen atoms in total. The van der Waals surface area contributed by atoms with Crippen molar-refractivity contribution in [2.75, 3.05) is 62.5 Å². The smallest absolute Gasteiger partial charge is 0.493 e. The molecule has 0 spiro atoms. The van der Waals surface area contributed by atoms with E-state index in [1.165, 1.54) is 97.3 Å². The number of carbonyl (C=O) groups is 6. The van der Waals surface area contributed by atoms with Gasteiger partial charge in [0.2, 0.25) is 0 Å². The van der Waals surface area contributed by atoms with Gasteiger partial charge in [-0.2, -0.15) is 14.4 Å². The summed E-state index contributed by atoms with van der Waals surface area (Å²) in [5, 5.41) is 0. The molecule has 3 aromatic carbocycles. The zero-order chi connectivity index (χ0) is 42.7. The maximum Gasteiger partial charge on any atom is 0.549 e. The first kappa shape index (κ1) is 45.1. The van der Waals surface area contributed by atoms with E-state index in [9.17, 15) is 28.8 Å². The van der Waals surface area contributed by atoms with Crippen molar-refractivity contribution in [3.63, 3.8) is 0 Å². The van der Waals surface area contributed by atoms with Gasteiger partial charge < -0.3 is 42.6 Å². The van der Waals surface area contributed by atoms with E-state index in [1.54, 1.807) is 6.92 Å². The lowest BCUT2D eigenvalue weighted by Gasteiger charge is -2.30. The van der Waals surface area contributed by atoms with Crippen molar-refractivity contribution in [1.29, 1.82) is 0 Å². The Morgan fingerprint density at radius 1 is 0.431 bits per heavy atom. The number of hydrogen-bond donors (Lipinski definition) is 0. The highest BCUT2D eigenvalue weighted by Crippen LogP contribution is 2.34. The molecule has 0 aliphatic carbocycles. The molecule has 21 heteroatoms. The summed E-state index contributed by atoms with van der Waals surface area (Å²) in [7, 11) is 7.85. The predicted octanol–water partition coefficient (Wildman–Crippen LogP) is 5.60. The van der Waals surface area contributed by atoms with Crippen LogP contribution in [-0.2, 0) is 43.5 Å². The second-order valence-electron chi connectivity index (χ2n) is 11.4. The fraction of sp³-hybridized carbons (Fsp3) is 0.351. The van der Waals surface area contributed by atoms with Crippen molar-refractivity contribution in [2.45, 2.75) is 19.8 Å². The van der Waals surface area contributed by atoms with Gasteiger partial charge in [-0.15, -0.1) is 0 Å². The van der Waals surface area contributed by atoms with Crippen LogP contribution in [0.2, 0.25) is 0 Å². The van der Waals surface area contributed by atoms with Gasteiger partial charge in [0.05, 0.1) is 48.1 Å². The molecule has 58 heavy (non-hydrogen) atoms. The topological polar surface area (TPSA) is 241 Å². The first-order valence-corrected chi connectivity index (χ1v) is 16.7. The first-order valence-electron chi connectivity index (χ1n) is 16.7. The Morgan fingerprint density at radius 2 is 0.724 bits per heavy atom. The number of ether oxygens (including phenoxy) is 9. The highest BCUT2D eigenvalue weighted by atomic mass is 17.2. The van der Waals surface area contributed by atoms with Gasteiger partial charge in [-0.1, -0.05) is 31.5 Å². The minimum Gasteiger partial charge on any atom is -0.493 e. The standard InChI is InChI=1S/C37H40O21/c1-8-18-37(19-50-34(41)56-53-31(38)22-12-9-15-25(44-2)28(22)47-5,20-51-35(42)57-54-32(39)23-13-10-16-26(45-3)29(23)48-6)21-52-36(43)58-55-33(40)24-14-11-17-27(46-4)30(24)49-7/h9-17H,8,18-21H2,1-7H3. The summed E-state index contributed by atoms with van der Waals surface area (Å²) in [6.07, 6.45) is -4.38. The zero-order valence-electron chi connectivity index (χ0n) is 32.3. The van der Waals surface area contributed by atoms with Crippen LogP contribution >= 0.6 is 0 Å². The van der Waals surface area contributed by atoms with Gasteiger partial charge in [0, 0.05) is 0 Å². The van der Waals surface area contributed by atoms with E-state index in [-0.39, 0.29) is 64.0 Å². The van der Waals surface area contributed by atoms with Gasteiger partial charge in [-0.05, 0) is 42.8 Å². The van der Waals surface area contributed by atoms with Gasteiger partial charge in [0.15, 0.2) is 34.5 Å². The van der Waals surface area contributed by atoms with Crippen molar-refractivity contribution in [3.05, 3.63) is 71.3 Å². The molecule has 0 saturated heterocycles. The van der Waals surface area contributed by atoms with Crippen LogP contribution in [0.1, 0.15) is 50.8 Å². The normalized spacial score (nSPS) is 10.4. The lowest BCUT2D eigenvalue weighted by molar-refractivity contribution is -0.217. The van der Waals surface area contributed by atoms with Crippen molar-refractivity contribution in [3.8, 4) is 34.5 Å². The number of benzene rings is 3. The van der Waals surface area contributed by atoms with E-state index in [2.05, 4.69) is 29.3 Å². The maximum atomic E-state index is 12.7. The van der Waals surface area contributed by atoms with Crippen LogP contribution in [0.15, 0.2) is 54.6 Å². The number of methoxy groups -OCH3 is 6. The average molecular weight is 821 g/mol. The van der Waals surface area contributed by atoms with Gasteiger partial charge in [-0.3, -0.25) is 0 Å². The zero-order valence-corrected chi connectivity index (χ0v) is 32.3. The lowest BCUT2D eigenvalue weighted by Crippen LogP contribution is -2.40. The first-order chi connectivity index (χ1) is 27.9. The van der Waals surface area contributed by atoms with Crippen LogP contribution in [0.3, 0.4) is 0 Å². The third-order valence-electron chi connectivity index (χ3n) is 7.69. The van der Waals surface area contributed by atoms with Crippen molar-refractivity contribution < 1.29 is 101 Å². The fourth-order valence-corrected chi connectivity index (χ4v) is 5.07. The Bertz CT molecular complexity index is 1700. The Labute approximate surface area is 330 Å². The molecule has 0 amide bonds. The molecule has 0 unspecified atom stereocenters. The molecular weight excluding hydrogens is 780 g/mol. The van der Waals surface area contributed by atoms with Gasteiger partial charge in [-0.25, -0.2) is 43.7 Å². The van der Waals surface area contributed by atoms with E-state index >= 15 is 0 Å². The van der Waals surface area contributed by atoms with Crippen LogP contribution in [0.5, 0.6) is 34.5 Å². The summed E-state index contributed by atoms with van der Waals surface area (Å²) >= 11 is 0. The second-order valence-corrected chi connectivity index (χ2v) is 11.4. The molecule has 0 bridgehead atoms. The van der Waals surface area contributed by atoms with Crippen molar-refractivity contribution >= 4 is 36.4 Å². The summed E-state index contributed by atoms with van der Waals surface area (Å²) < 4.78 is 46.4. The third kappa shape index (κ3) is 12.1. The van der Waals surface area contributed by atoms with Crippen LogP contribution in [0, 0.1) is 5.41 Å². The second kappa shape index (κ2) is 22.3. The Hall–Kier alpha value is -7.32. The molecule has 0 fully saturated rings. The van der Waals surface area contributed by atoms with Gasteiger partial charge >= 0.3 is 36.4 Å². The molecule has 314 valence electrons. The third-order valence-corrected chi connectivity index (χ3v) is 7.69. The number of rotatable bonds is 17. The molecular formula is C37H40O21. The van der Waals surface area contributed by atoms with E-state index in [0.29, 0.717) is 0 Å².